The maximum absolute atomic E-state index is 13.1. The van der Waals surface area contributed by atoms with Crippen LogP contribution < -0.4 is 21.3 Å². The molecule has 0 radical (unpaired) electrons. The average Bonchev–Trinajstić information content (AvgIpc) is 2.77. The molecular formula is C24H27N3O3S. The molecule has 7 heteroatoms. The predicted octanol–water partition coefficient (Wildman–Crippen LogP) is 3.98. The van der Waals surface area contributed by atoms with Crippen LogP contribution in [-0.2, 0) is 19.7 Å². The number of ether oxygens (including phenoxy) is 1. The molecule has 0 spiro atoms. The molecule has 0 aliphatic carbocycles. The fraction of sp³-hybridized carbons (Fsp3) is 0.250. The van der Waals surface area contributed by atoms with E-state index in [-0.39, 0.29) is 12.2 Å². The minimum Gasteiger partial charge on any atom is -0.488 e. The number of carbonyl (C=O) groups is 1. The van der Waals surface area contributed by atoms with Crippen molar-refractivity contribution in [2.45, 2.75) is 38.4 Å². The van der Waals surface area contributed by atoms with E-state index in [0.29, 0.717) is 24.4 Å². The van der Waals surface area contributed by atoms with Crippen LogP contribution in [0.1, 0.15) is 27.9 Å². The van der Waals surface area contributed by atoms with Crippen molar-refractivity contribution in [2.24, 2.45) is 5.73 Å². The van der Waals surface area contributed by atoms with E-state index in [2.05, 4.69) is 17.4 Å². The lowest BCUT2D eigenvalue weighted by Gasteiger charge is -2.17. The van der Waals surface area contributed by atoms with Gasteiger partial charge < -0.3 is 20.4 Å². The zero-order valence-corrected chi connectivity index (χ0v) is 18.8. The number of urea groups is 1. The van der Waals surface area contributed by atoms with Crippen LogP contribution in [0.2, 0.25) is 0 Å². The van der Waals surface area contributed by atoms with Crippen molar-refractivity contribution in [2.75, 3.05) is 6.26 Å². The minimum atomic E-state index is -0.575. The van der Waals surface area contributed by atoms with Gasteiger partial charge in [0.2, 0.25) is 0 Å². The van der Waals surface area contributed by atoms with Gasteiger partial charge in [-0.25, -0.2) is 4.79 Å². The van der Waals surface area contributed by atoms with Gasteiger partial charge >= 0.3 is 6.03 Å². The van der Waals surface area contributed by atoms with Crippen molar-refractivity contribution >= 4 is 17.8 Å². The van der Waals surface area contributed by atoms with E-state index < -0.39 is 6.03 Å². The molecule has 0 atom stereocenters. The Hall–Kier alpha value is -3.19. The van der Waals surface area contributed by atoms with E-state index in [1.54, 1.807) is 23.3 Å². The summed E-state index contributed by atoms with van der Waals surface area (Å²) in [6.07, 6.45) is 2.04. The number of aryl methyl sites for hydroxylation is 1. The zero-order chi connectivity index (χ0) is 22.4. The molecule has 3 rings (SSSR count). The third-order valence-electron chi connectivity index (χ3n) is 5.18. The van der Waals surface area contributed by atoms with Gasteiger partial charge in [0.25, 0.3) is 5.56 Å². The van der Waals surface area contributed by atoms with E-state index in [9.17, 15) is 9.59 Å². The Bertz CT molecular complexity index is 1140. The predicted molar refractivity (Wildman–Crippen MR) is 125 cm³/mol. The summed E-state index contributed by atoms with van der Waals surface area (Å²) < 4.78 is 7.80. The van der Waals surface area contributed by atoms with Crippen LogP contribution in [0.3, 0.4) is 0 Å². The monoisotopic (exact) mass is 437 g/mol. The number of hydrogen-bond donors (Lipinski definition) is 2. The first-order chi connectivity index (χ1) is 14.9. The summed E-state index contributed by atoms with van der Waals surface area (Å²) in [5, 5.41) is 2.60. The summed E-state index contributed by atoms with van der Waals surface area (Å²) in [5.41, 5.74) is 9.48. The summed E-state index contributed by atoms with van der Waals surface area (Å²) in [7, 11) is 0. The number of rotatable bonds is 8. The molecule has 162 valence electrons. The van der Waals surface area contributed by atoms with Crippen molar-refractivity contribution in [3.8, 4) is 5.75 Å². The maximum atomic E-state index is 13.1. The highest BCUT2D eigenvalue weighted by Gasteiger charge is 2.13. The normalized spacial score (nSPS) is 10.7. The first-order valence-corrected chi connectivity index (χ1v) is 11.2. The largest absolute Gasteiger partial charge is 0.488 e. The molecule has 0 aliphatic heterocycles. The molecule has 6 nitrogen and oxygen atoms in total. The van der Waals surface area contributed by atoms with Crippen molar-refractivity contribution in [3.63, 3.8) is 0 Å². The summed E-state index contributed by atoms with van der Waals surface area (Å²) in [6, 6.07) is 17.1. The second-order valence-electron chi connectivity index (χ2n) is 7.25. The van der Waals surface area contributed by atoms with E-state index >= 15 is 0 Å². The van der Waals surface area contributed by atoms with Gasteiger partial charge in [-0.05, 0) is 48.9 Å². The van der Waals surface area contributed by atoms with Gasteiger partial charge in [-0.15, -0.1) is 11.8 Å². The third-order valence-corrected chi connectivity index (χ3v) is 6.01. The van der Waals surface area contributed by atoms with Crippen molar-refractivity contribution in [3.05, 3.63) is 92.9 Å². The second-order valence-corrected chi connectivity index (χ2v) is 8.10. The Morgan fingerprint density at radius 2 is 1.71 bits per heavy atom. The molecule has 31 heavy (non-hydrogen) atoms. The fourth-order valence-corrected chi connectivity index (χ4v) is 4.01. The number of nitrogens with zero attached hydrogens (tertiary/aromatic N) is 1. The number of benzene rings is 2. The number of nitrogens with one attached hydrogen (secondary N) is 1. The Morgan fingerprint density at radius 3 is 2.39 bits per heavy atom. The van der Waals surface area contributed by atoms with Crippen LogP contribution in [0.4, 0.5) is 4.79 Å². The number of carbonyl (C=O) groups excluding carboxylic acids is 1. The van der Waals surface area contributed by atoms with Gasteiger partial charge in [-0.2, -0.15) is 0 Å². The highest BCUT2D eigenvalue weighted by molar-refractivity contribution is 7.98. The van der Waals surface area contributed by atoms with Crippen LogP contribution in [-0.4, -0.2) is 16.9 Å². The molecule has 2 aromatic carbocycles. The van der Waals surface area contributed by atoms with Crippen LogP contribution in [0.5, 0.6) is 5.75 Å². The summed E-state index contributed by atoms with van der Waals surface area (Å²) in [5.74, 6) is 0.564. The minimum absolute atomic E-state index is 0.0606. The van der Waals surface area contributed by atoms with E-state index in [1.165, 1.54) is 0 Å². The number of aromatic nitrogens is 1. The van der Waals surface area contributed by atoms with Gasteiger partial charge in [-0.3, -0.25) is 4.79 Å². The summed E-state index contributed by atoms with van der Waals surface area (Å²) in [4.78, 5) is 25.3. The highest BCUT2D eigenvalue weighted by atomic mass is 32.2. The lowest BCUT2D eigenvalue weighted by Crippen LogP contribution is -2.29. The Morgan fingerprint density at radius 1 is 1.06 bits per heavy atom. The molecule has 0 unspecified atom stereocenters. The lowest BCUT2D eigenvalue weighted by atomic mass is 10.1. The summed E-state index contributed by atoms with van der Waals surface area (Å²) in [6.45, 7) is 4.83. The topological polar surface area (TPSA) is 86.3 Å². The molecule has 0 bridgehead atoms. The molecule has 0 aliphatic rings. The van der Waals surface area contributed by atoms with Crippen molar-refractivity contribution in [1.29, 1.82) is 0 Å². The van der Waals surface area contributed by atoms with Gasteiger partial charge in [0.15, 0.2) is 0 Å². The molecule has 1 heterocycles. The quantitative estimate of drug-likeness (QED) is 0.522. The average molecular weight is 438 g/mol. The Kier molecular flexibility index (Phi) is 7.41. The zero-order valence-electron chi connectivity index (χ0n) is 18.0. The molecule has 1 aromatic heterocycles. The standard InChI is InChI=1S/C24H27N3O3S/c1-16-12-21(30-15-20-10-5-4-8-18(20)13-26-24(25)29)17(2)23(28)27(16)14-19-9-6-7-11-22(19)31-3/h4-12H,13-15H2,1-3H3,(H3,25,26,29). The van der Waals surface area contributed by atoms with E-state index in [4.69, 9.17) is 10.5 Å². The van der Waals surface area contributed by atoms with Crippen LogP contribution in [0, 0.1) is 13.8 Å². The van der Waals surface area contributed by atoms with Crippen LogP contribution >= 0.6 is 11.8 Å². The second kappa shape index (κ2) is 10.2. The first kappa shape index (κ1) is 22.5. The van der Waals surface area contributed by atoms with Crippen LogP contribution in [0.25, 0.3) is 0 Å². The number of pyridine rings is 1. The molecule has 0 saturated heterocycles. The van der Waals surface area contributed by atoms with Crippen molar-refractivity contribution in [1.82, 2.24) is 9.88 Å². The number of primary amides is 1. The Balaban J connectivity index is 1.82. The smallest absolute Gasteiger partial charge is 0.312 e. The number of thioether (sulfide) groups is 1. The summed E-state index contributed by atoms with van der Waals surface area (Å²) >= 11 is 1.67. The fourth-order valence-electron chi connectivity index (χ4n) is 3.40. The number of nitrogens with two attached hydrogens (primary N) is 1. The first-order valence-electron chi connectivity index (χ1n) is 9.96. The van der Waals surface area contributed by atoms with Gasteiger partial charge in [-0.1, -0.05) is 42.5 Å². The van der Waals surface area contributed by atoms with Crippen molar-refractivity contribution < 1.29 is 9.53 Å². The third kappa shape index (κ3) is 5.49. The van der Waals surface area contributed by atoms with E-state index in [1.807, 2.05) is 55.6 Å². The SMILES string of the molecule is CSc1ccccc1Cn1c(C)cc(OCc2ccccc2CNC(N)=O)c(C)c1=O. The van der Waals surface area contributed by atoms with Crippen LogP contribution in [0.15, 0.2) is 64.3 Å². The maximum Gasteiger partial charge on any atom is 0.312 e. The lowest BCUT2D eigenvalue weighted by molar-refractivity contribution is 0.248. The number of hydrogen-bond acceptors (Lipinski definition) is 4. The van der Waals surface area contributed by atoms with E-state index in [0.717, 1.165) is 27.3 Å². The number of amides is 2. The van der Waals surface area contributed by atoms with Gasteiger partial charge in [0.1, 0.15) is 12.4 Å². The van der Waals surface area contributed by atoms with Gasteiger partial charge in [0.05, 0.1) is 12.1 Å². The molecule has 0 saturated carbocycles. The molecule has 0 fully saturated rings. The van der Waals surface area contributed by atoms with Gasteiger partial charge in [0, 0.05) is 17.1 Å². The molecule has 2 amide bonds. The molecule has 3 aromatic rings. The molecule has 3 N–H and O–H groups in total. The molecular weight excluding hydrogens is 410 g/mol. The highest BCUT2D eigenvalue weighted by Crippen LogP contribution is 2.23. The Labute approximate surface area is 186 Å².